The Morgan fingerprint density at radius 2 is 1.68 bits per heavy atom. The lowest BCUT2D eigenvalue weighted by atomic mass is 9.85. The van der Waals surface area contributed by atoms with Crippen molar-refractivity contribution in [2.75, 3.05) is 5.32 Å². The van der Waals surface area contributed by atoms with Gasteiger partial charge in [0.25, 0.3) is 0 Å². The van der Waals surface area contributed by atoms with E-state index in [1.54, 1.807) is 23.1 Å². The molecule has 9 nitrogen and oxygen atoms in total. The van der Waals surface area contributed by atoms with Crippen molar-refractivity contribution in [1.82, 2.24) is 35.0 Å². The van der Waals surface area contributed by atoms with Crippen molar-refractivity contribution in [3.63, 3.8) is 0 Å². The summed E-state index contributed by atoms with van der Waals surface area (Å²) in [5.74, 6) is 1.21. The first-order valence-electron chi connectivity index (χ1n) is 12.8. The lowest BCUT2D eigenvalue weighted by molar-refractivity contribution is -0.000433. The SMILES string of the molecule is Cc1ccc(N[C@@H](c2cccc(Cl)c2)c2nnnn2[C@@H]([C@H](Oc2ccc(Cl)cc2)n2cncn2)C(C)(C)C)cc1. The Kier molecular flexibility index (Phi) is 8.04. The summed E-state index contributed by atoms with van der Waals surface area (Å²) in [4.78, 5) is 4.19. The van der Waals surface area contributed by atoms with Crippen LogP contribution in [0.25, 0.3) is 0 Å². The van der Waals surface area contributed by atoms with Crippen LogP contribution < -0.4 is 10.1 Å². The zero-order valence-corrected chi connectivity index (χ0v) is 24.1. The van der Waals surface area contributed by atoms with Crippen LogP contribution in [0.2, 0.25) is 10.0 Å². The number of rotatable bonds is 9. The quantitative estimate of drug-likeness (QED) is 0.203. The van der Waals surface area contributed by atoms with E-state index in [0.717, 1.165) is 16.8 Å². The largest absolute Gasteiger partial charge is 0.466 e. The number of ether oxygens (including phenoxy) is 1. The van der Waals surface area contributed by atoms with Crippen molar-refractivity contribution >= 4 is 28.9 Å². The highest BCUT2D eigenvalue weighted by atomic mass is 35.5. The second-order valence-electron chi connectivity index (χ2n) is 10.6. The van der Waals surface area contributed by atoms with Crippen molar-refractivity contribution in [2.24, 2.45) is 5.41 Å². The van der Waals surface area contributed by atoms with E-state index < -0.39 is 23.7 Å². The minimum atomic E-state index is -0.648. The average Bonchev–Trinajstić information content (AvgIpc) is 3.61. The number of hydrogen-bond acceptors (Lipinski definition) is 7. The number of aryl methyl sites for hydroxylation is 1. The van der Waals surface area contributed by atoms with E-state index >= 15 is 0 Å². The van der Waals surface area contributed by atoms with Gasteiger partial charge in [0, 0.05) is 15.7 Å². The monoisotopic (exact) mass is 576 g/mol. The fourth-order valence-electron chi connectivity index (χ4n) is 4.57. The van der Waals surface area contributed by atoms with Crippen molar-refractivity contribution < 1.29 is 4.74 Å². The minimum absolute atomic E-state index is 0.393. The average molecular weight is 578 g/mol. The van der Waals surface area contributed by atoms with E-state index in [1.165, 1.54) is 6.33 Å². The van der Waals surface area contributed by atoms with Gasteiger partial charge in [0.05, 0.1) is 0 Å². The van der Waals surface area contributed by atoms with Gasteiger partial charge in [0.2, 0.25) is 6.23 Å². The molecule has 0 spiro atoms. The molecule has 0 aliphatic heterocycles. The first kappa shape index (κ1) is 27.6. The number of hydrogen-bond donors (Lipinski definition) is 1. The fourth-order valence-corrected chi connectivity index (χ4v) is 4.89. The maximum atomic E-state index is 6.56. The molecular weight excluding hydrogens is 547 g/mol. The van der Waals surface area contributed by atoms with E-state index in [9.17, 15) is 0 Å². The standard InChI is InChI=1S/C29H30Cl2N8O/c1-19-8-12-23(13-9-19)34-25(20-6-5-7-22(31)16-20)27-35-36-37-39(27)26(29(2,3)4)28(38-18-32-17-33-38)40-24-14-10-21(30)11-15-24/h5-18,25-26,28,34H,1-4H3/t25-,26-,28-/m0/s1. The van der Waals surface area contributed by atoms with Gasteiger partial charge in [0.15, 0.2) is 5.82 Å². The Balaban J connectivity index is 1.63. The summed E-state index contributed by atoms with van der Waals surface area (Å²) in [5.41, 5.74) is 2.60. The molecule has 2 aromatic heterocycles. The van der Waals surface area contributed by atoms with Gasteiger partial charge in [-0.1, -0.05) is 73.8 Å². The number of benzene rings is 3. The summed E-state index contributed by atoms with van der Waals surface area (Å²) < 4.78 is 10.1. The molecule has 1 N–H and O–H groups in total. The van der Waals surface area contributed by atoms with Gasteiger partial charge in [-0.3, -0.25) is 0 Å². The number of tetrazole rings is 1. The molecule has 0 radical (unpaired) electrons. The van der Waals surface area contributed by atoms with E-state index in [4.69, 9.17) is 27.9 Å². The Morgan fingerprint density at radius 3 is 2.33 bits per heavy atom. The van der Waals surface area contributed by atoms with E-state index in [2.05, 4.69) is 70.8 Å². The van der Waals surface area contributed by atoms with Gasteiger partial charge in [-0.2, -0.15) is 5.10 Å². The third kappa shape index (κ3) is 6.26. The van der Waals surface area contributed by atoms with Crippen LogP contribution >= 0.6 is 23.2 Å². The van der Waals surface area contributed by atoms with E-state index in [0.29, 0.717) is 21.6 Å². The molecule has 0 unspecified atom stereocenters. The first-order chi connectivity index (χ1) is 19.2. The number of halogens is 2. The Bertz CT molecular complexity index is 1530. The summed E-state index contributed by atoms with van der Waals surface area (Å²) >= 11 is 12.6. The molecule has 0 bridgehead atoms. The van der Waals surface area contributed by atoms with Gasteiger partial charge >= 0.3 is 0 Å². The molecule has 5 aromatic rings. The number of anilines is 1. The molecule has 2 heterocycles. The van der Waals surface area contributed by atoms with Gasteiger partial charge in [-0.05, 0) is 76.9 Å². The lowest BCUT2D eigenvalue weighted by Gasteiger charge is -2.37. The molecule has 206 valence electrons. The summed E-state index contributed by atoms with van der Waals surface area (Å²) in [7, 11) is 0. The molecule has 3 atom stereocenters. The molecule has 11 heteroatoms. The second kappa shape index (κ2) is 11.7. The highest BCUT2D eigenvalue weighted by Crippen LogP contribution is 2.42. The van der Waals surface area contributed by atoms with Crippen LogP contribution in [-0.4, -0.2) is 35.0 Å². The molecule has 0 amide bonds. The van der Waals surface area contributed by atoms with Crippen LogP contribution in [-0.2, 0) is 0 Å². The van der Waals surface area contributed by atoms with Gasteiger partial charge in [-0.25, -0.2) is 14.3 Å². The summed E-state index contributed by atoms with van der Waals surface area (Å²) in [6.45, 7) is 8.39. The number of nitrogens with one attached hydrogen (secondary N) is 1. The van der Waals surface area contributed by atoms with Crippen LogP contribution in [0.5, 0.6) is 5.75 Å². The minimum Gasteiger partial charge on any atom is -0.466 e. The van der Waals surface area contributed by atoms with Crippen molar-refractivity contribution in [1.29, 1.82) is 0 Å². The number of nitrogens with zero attached hydrogens (tertiary/aromatic N) is 7. The molecule has 0 saturated carbocycles. The zero-order valence-electron chi connectivity index (χ0n) is 22.6. The molecular formula is C29H30Cl2N8O. The van der Waals surface area contributed by atoms with Crippen LogP contribution in [0.15, 0.2) is 85.5 Å². The molecule has 0 aliphatic carbocycles. The molecule has 0 fully saturated rings. The van der Waals surface area contributed by atoms with Crippen LogP contribution in [0.1, 0.15) is 56.0 Å². The van der Waals surface area contributed by atoms with Crippen LogP contribution in [0.3, 0.4) is 0 Å². The van der Waals surface area contributed by atoms with E-state index in [1.807, 2.05) is 53.2 Å². The predicted octanol–water partition coefficient (Wildman–Crippen LogP) is 6.95. The Labute approximate surface area is 243 Å². The first-order valence-corrected chi connectivity index (χ1v) is 13.6. The maximum absolute atomic E-state index is 6.56. The molecule has 0 aliphatic rings. The molecule has 0 saturated heterocycles. The molecule has 40 heavy (non-hydrogen) atoms. The Hall–Kier alpha value is -3.95. The summed E-state index contributed by atoms with van der Waals surface area (Å²) in [5, 5.41) is 22.5. The fraction of sp³-hybridized carbons (Fsp3) is 0.276. The van der Waals surface area contributed by atoms with Gasteiger partial charge < -0.3 is 10.1 Å². The predicted molar refractivity (Wildman–Crippen MR) is 156 cm³/mol. The highest BCUT2D eigenvalue weighted by Gasteiger charge is 2.41. The van der Waals surface area contributed by atoms with Crippen molar-refractivity contribution in [3.8, 4) is 5.75 Å². The summed E-state index contributed by atoms with van der Waals surface area (Å²) in [6, 6.07) is 22.2. The normalized spacial score (nSPS) is 13.9. The van der Waals surface area contributed by atoms with Gasteiger partial charge in [-0.15, -0.1) is 5.10 Å². The Morgan fingerprint density at radius 1 is 0.925 bits per heavy atom. The third-order valence-electron chi connectivity index (χ3n) is 6.51. The highest BCUT2D eigenvalue weighted by molar-refractivity contribution is 6.30. The smallest absolute Gasteiger partial charge is 0.215 e. The van der Waals surface area contributed by atoms with Crippen molar-refractivity contribution in [2.45, 2.75) is 46.0 Å². The second-order valence-corrected chi connectivity index (χ2v) is 11.5. The summed E-state index contributed by atoms with van der Waals surface area (Å²) in [6.07, 6.45) is 2.46. The third-order valence-corrected chi connectivity index (χ3v) is 7.00. The van der Waals surface area contributed by atoms with Crippen LogP contribution in [0, 0.1) is 12.3 Å². The maximum Gasteiger partial charge on any atom is 0.215 e. The van der Waals surface area contributed by atoms with Crippen LogP contribution in [0.4, 0.5) is 5.69 Å². The van der Waals surface area contributed by atoms with E-state index in [-0.39, 0.29) is 0 Å². The molecule has 5 rings (SSSR count). The van der Waals surface area contributed by atoms with Crippen molar-refractivity contribution in [3.05, 3.63) is 112 Å². The topological polar surface area (TPSA) is 95.6 Å². The molecule has 3 aromatic carbocycles. The zero-order chi connectivity index (χ0) is 28.3. The number of aromatic nitrogens is 7. The lowest BCUT2D eigenvalue weighted by Crippen LogP contribution is -2.38. The van der Waals surface area contributed by atoms with Gasteiger partial charge in [0.1, 0.15) is 30.5 Å².